The van der Waals surface area contributed by atoms with Crippen LogP contribution in [0.3, 0.4) is 0 Å². The van der Waals surface area contributed by atoms with Gasteiger partial charge in [-0.1, -0.05) is 210 Å². The van der Waals surface area contributed by atoms with Crippen molar-refractivity contribution in [3.05, 3.63) is 60.8 Å². The lowest BCUT2D eigenvalue weighted by Crippen LogP contribution is -2.30. The summed E-state index contributed by atoms with van der Waals surface area (Å²) in [5.74, 6) is -0.896. The van der Waals surface area contributed by atoms with E-state index in [0.29, 0.717) is 19.3 Å². The highest BCUT2D eigenvalue weighted by molar-refractivity contribution is 5.71. The summed E-state index contributed by atoms with van der Waals surface area (Å²) in [6, 6.07) is 0. The van der Waals surface area contributed by atoms with Gasteiger partial charge in [-0.15, -0.1) is 0 Å². The molecule has 0 radical (unpaired) electrons. The van der Waals surface area contributed by atoms with Gasteiger partial charge in [-0.25, -0.2) is 0 Å². The zero-order chi connectivity index (χ0) is 43.7. The molecule has 0 N–H and O–H groups in total. The number of esters is 3. The molecule has 0 spiro atoms. The highest BCUT2D eigenvalue weighted by atomic mass is 16.6. The van der Waals surface area contributed by atoms with E-state index in [0.717, 1.165) is 103 Å². The number of unbranched alkanes of at least 4 members (excludes halogenated alkanes) is 24. The third-order valence-electron chi connectivity index (χ3n) is 10.7. The molecule has 0 bridgehead atoms. The number of carbonyl (C=O) groups excluding carboxylic acids is 3. The van der Waals surface area contributed by atoms with Crippen LogP contribution in [0.1, 0.15) is 245 Å². The van der Waals surface area contributed by atoms with Crippen LogP contribution in [-0.2, 0) is 28.6 Å². The van der Waals surface area contributed by atoms with E-state index in [1.165, 1.54) is 103 Å². The van der Waals surface area contributed by atoms with E-state index in [2.05, 4.69) is 81.5 Å². The van der Waals surface area contributed by atoms with Gasteiger partial charge in [-0.3, -0.25) is 14.4 Å². The van der Waals surface area contributed by atoms with Gasteiger partial charge in [-0.05, 0) is 77.0 Å². The van der Waals surface area contributed by atoms with Crippen molar-refractivity contribution in [1.82, 2.24) is 0 Å². The summed E-state index contributed by atoms with van der Waals surface area (Å²) in [5, 5.41) is 0. The Balaban J connectivity index is 4.28. The number of hydrogen-bond donors (Lipinski definition) is 0. The highest BCUT2D eigenvalue weighted by Gasteiger charge is 2.19. The lowest BCUT2D eigenvalue weighted by Gasteiger charge is -2.18. The van der Waals surface area contributed by atoms with Crippen molar-refractivity contribution in [1.29, 1.82) is 0 Å². The minimum atomic E-state index is -0.776. The molecule has 60 heavy (non-hydrogen) atoms. The quantitative estimate of drug-likeness (QED) is 0.0263. The first-order valence-corrected chi connectivity index (χ1v) is 25.3. The molecule has 6 heteroatoms. The van der Waals surface area contributed by atoms with E-state index in [1.807, 2.05) is 0 Å². The average Bonchev–Trinajstić information content (AvgIpc) is 3.24. The number of rotatable bonds is 45. The topological polar surface area (TPSA) is 78.9 Å². The minimum Gasteiger partial charge on any atom is -0.462 e. The fourth-order valence-electron chi connectivity index (χ4n) is 6.96. The molecule has 346 valence electrons. The smallest absolute Gasteiger partial charge is 0.306 e. The van der Waals surface area contributed by atoms with Gasteiger partial charge in [0.1, 0.15) is 13.2 Å². The average molecular weight is 839 g/mol. The maximum absolute atomic E-state index is 12.7. The predicted octanol–water partition coefficient (Wildman–Crippen LogP) is 16.5. The third-order valence-corrected chi connectivity index (χ3v) is 10.7. The molecule has 0 rings (SSSR count). The van der Waals surface area contributed by atoms with Gasteiger partial charge in [0.05, 0.1) is 0 Å². The molecule has 0 fully saturated rings. The molecular weight excluding hydrogens is 745 g/mol. The summed E-state index contributed by atoms with van der Waals surface area (Å²) >= 11 is 0. The van der Waals surface area contributed by atoms with Gasteiger partial charge in [-0.2, -0.15) is 0 Å². The molecule has 0 amide bonds. The summed E-state index contributed by atoms with van der Waals surface area (Å²) in [7, 11) is 0. The molecule has 1 atom stereocenters. The molecule has 0 aliphatic rings. The number of hydrogen-bond acceptors (Lipinski definition) is 6. The van der Waals surface area contributed by atoms with Gasteiger partial charge in [0, 0.05) is 19.3 Å². The van der Waals surface area contributed by atoms with Crippen molar-refractivity contribution in [3.8, 4) is 0 Å². The molecule has 0 saturated heterocycles. The SMILES string of the molecule is CC/C=C\C/C=C\C/C=C\C/C=C\CCCCCCCCCCC(=O)OCC(COC(=O)CCCCCCC/C=C\CCC)OC(=O)CCCCCCCCCCCCC. The van der Waals surface area contributed by atoms with Gasteiger partial charge < -0.3 is 14.2 Å². The second kappa shape index (κ2) is 48.8. The second-order valence-corrected chi connectivity index (χ2v) is 16.7. The Morgan fingerprint density at radius 1 is 0.350 bits per heavy atom. The van der Waals surface area contributed by atoms with Crippen LogP contribution >= 0.6 is 0 Å². The maximum Gasteiger partial charge on any atom is 0.306 e. The first-order valence-electron chi connectivity index (χ1n) is 25.3. The molecule has 0 aliphatic heterocycles. The summed E-state index contributed by atoms with van der Waals surface area (Å²) in [6.45, 7) is 6.44. The molecule has 0 aromatic rings. The standard InChI is InChI=1S/C54H94O6/c1-4-7-10-13-16-19-22-23-24-25-26-27-28-29-30-31-33-35-38-41-44-47-53(56)59-50-51(49-58-52(55)46-43-40-37-34-21-18-15-12-9-6-3)60-54(57)48-45-42-39-36-32-20-17-14-11-8-5-2/h7,10,12,15-16,19,23-24,26-27,51H,4-6,8-9,11,13-14,17-18,20-22,25,28-50H2,1-3H3/b10-7-,15-12-,19-16-,24-23-,27-26-. The van der Waals surface area contributed by atoms with Crippen LogP contribution in [0.5, 0.6) is 0 Å². The fraction of sp³-hybridized carbons (Fsp3) is 0.759. The number of allylic oxidation sites excluding steroid dienone is 10. The van der Waals surface area contributed by atoms with E-state index in [4.69, 9.17) is 14.2 Å². The van der Waals surface area contributed by atoms with Crippen LogP contribution < -0.4 is 0 Å². The molecule has 0 aliphatic carbocycles. The van der Waals surface area contributed by atoms with E-state index >= 15 is 0 Å². The largest absolute Gasteiger partial charge is 0.462 e. The number of ether oxygens (including phenoxy) is 3. The van der Waals surface area contributed by atoms with E-state index < -0.39 is 6.10 Å². The Morgan fingerprint density at radius 3 is 1.10 bits per heavy atom. The van der Waals surface area contributed by atoms with Gasteiger partial charge in [0.2, 0.25) is 0 Å². The second-order valence-electron chi connectivity index (χ2n) is 16.7. The zero-order valence-corrected chi connectivity index (χ0v) is 39.5. The third kappa shape index (κ3) is 46.2. The maximum atomic E-state index is 12.7. The van der Waals surface area contributed by atoms with Crippen LogP contribution in [-0.4, -0.2) is 37.2 Å². The molecule has 1 unspecified atom stereocenters. The summed E-state index contributed by atoms with van der Waals surface area (Å²) in [5.41, 5.74) is 0. The normalized spacial score (nSPS) is 12.5. The highest BCUT2D eigenvalue weighted by Crippen LogP contribution is 2.15. The Bertz CT molecular complexity index is 1100. The van der Waals surface area contributed by atoms with Crippen LogP contribution in [0.2, 0.25) is 0 Å². The minimum absolute atomic E-state index is 0.0796. The van der Waals surface area contributed by atoms with Crippen molar-refractivity contribution in [2.24, 2.45) is 0 Å². The Kier molecular flexibility index (Phi) is 46.4. The Morgan fingerprint density at radius 2 is 0.683 bits per heavy atom. The van der Waals surface area contributed by atoms with Crippen LogP contribution in [0.4, 0.5) is 0 Å². The monoisotopic (exact) mass is 839 g/mol. The van der Waals surface area contributed by atoms with E-state index in [9.17, 15) is 14.4 Å². The molecule has 0 saturated carbocycles. The predicted molar refractivity (Wildman–Crippen MR) is 256 cm³/mol. The lowest BCUT2D eigenvalue weighted by atomic mass is 10.1. The zero-order valence-electron chi connectivity index (χ0n) is 39.5. The van der Waals surface area contributed by atoms with Crippen molar-refractivity contribution >= 4 is 17.9 Å². The Hall–Kier alpha value is -2.89. The molecular formula is C54H94O6. The van der Waals surface area contributed by atoms with E-state index in [1.54, 1.807) is 0 Å². The molecule has 0 aromatic carbocycles. The van der Waals surface area contributed by atoms with E-state index in [-0.39, 0.29) is 31.1 Å². The van der Waals surface area contributed by atoms with Gasteiger partial charge >= 0.3 is 17.9 Å². The van der Waals surface area contributed by atoms with Gasteiger partial charge in [0.15, 0.2) is 6.10 Å². The van der Waals surface area contributed by atoms with Crippen molar-refractivity contribution in [2.75, 3.05) is 13.2 Å². The van der Waals surface area contributed by atoms with Crippen LogP contribution in [0.25, 0.3) is 0 Å². The van der Waals surface area contributed by atoms with Crippen LogP contribution in [0.15, 0.2) is 60.8 Å². The summed E-state index contributed by atoms with van der Waals surface area (Å²) < 4.78 is 16.7. The summed E-state index contributed by atoms with van der Waals surface area (Å²) in [4.78, 5) is 37.8. The fourth-order valence-corrected chi connectivity index (χ4v) is 6.96. The van der Waals surface area contributed by atoms with Crippen molar-refractivity contribution in [2.45, 2.75) is 252 Å². The molecule has 0 heterocycles. The first-order chi connectivity index (χ1) is 29.5. The van der Waals surface area contributed by atoms with Crippen LogP contribution in [0, 0.1) is 0 Å². The lowest BCUT2D eigenvalue weighted by molar-refractivity contribution is -0.167. The van der Waals surface area contributed by atoms with Crippen molar-refractivity contribution in [3.63, 3.8) is 0 Å². The Labute approximate surface area is 370 Å². The first kappa shape index (κ1) is 57.1. The summed E-state index contributed by atoms with van der Waals surface area (Å²) in [6.07, 6.45) is 59.2. The molecule has 0 aromatic heterocycles. The van der Waals surface area contributed by atoms with Gasteiger partial charge in [0.25, 0.3) is 0 Å². The number of carbonyl (C=O) groups is 3. The molecule has 6 nitrogen and oxygen atoms in total. The van der Waals surface area contributed by atoms with Crippen molar-refractivity contribution < 1.29 is 28.6 Å².